The van der Waals surface area contributed by atoms with Crippen molar-refractivity contribution in [2.24, 2.45) is 5.92 Å². The van der Waals surface area contributed by atoms with Crippen molar-refractivity contribution in [1.29, 1.82) is 0 Å². The SMILES string of the molecule is CCCSc1nc(NC2CC2c2ccc(F)c(F)c2)c2nnn([C@@H]3C[C@H](CO)[C@@H](O)[C@H]3O)c2n1. The Kier molecular flexibility index (Phi) is 6.40. The highest BCUT2D eigenvalue weighted by molar-refractivity contribution is 7.99. The fraction of sp³-hybridized carbons (Fsp3) is 0.545. The van der Waals surface area contributed by atoms with Crippen LogP contribution in [-0.4, -0.2) is 70.9 Å². The molecule has 6 atom stereocenters. The van der Waals surface area contributed by atoms with E-state index in [2.05, 4.69) is 32.5 Å². The second-order valence-electron chi connectivity index (χ2n) is 8.90. The molecule has 2 aromatic heterocycles. The highest BCUT2D eigenvalue weighted by Gasteiger charge is 2.44. The fourth-order valence-electron chi connectivity index (χ4n) is 4.56. The number of hydrogen-bond acceptors (Lipinski definition) is 9. The lowest BCUT2D eigenvalue weighted by atomic mass is 10.1. The van der Waals surface area contributed by atoms with Gasteiger partial charge in [0.1, 0.15) is 6.10 Å². The lowest BCUT2D eigenvalue weighted by Gasteiger charge is -2.17. The molecule has 12 heteroatoms. The van der Waals surface area contributed by atoms with Crippen molar-refractivity contribution in [2.45, 2.75) is 61.6 Å². The van der Waals surface area contributed by atoms with Crippen LogP contribution in [0.25, 0.3) is 11.2 Å². The molecule has 0 aliphatic heterocycles. The normalized spacial score (nSPS) is 28.5. The molecule has 2 aliphatic rings. The summed E-state index contributed by atoms with van der Waals surface area (Å²) in [7, 11) is 0. The van der Waals surface area contributed by atoms with E-state index < -0.39 is 35.8 Å². The second-order valence-corrected chi connectivity index (χ2v) is 9.97. The van der Waals surface area contributed by atoms with E-state index in [1.54, 1.807) is 6.07 Å². The van der Waals surface area contributed by atoms with Gasteiger partial charge < -0.3 is 20.6 Å². The maximum atomic E-state index is 13.7. The first kappa shape index (κ1) is 23.3. The van der Waals surface area contributed by atoms with Crippen LogP contribution >= 0.6 is 11.8 Å². The largest absolute Gasteiger partial charge is 0.396 e. The number of halogens is 2. The van der Waals surface area contributed by atoms with Crippen LogP contribution < -0.4 is 5.32 Å². The van der Waals surface area contributed by atoms with Crippen LogP contribution in [0.5, 0.6) is 0 Å². The molecule has 0 spiro atoms. The number of nitrogens with one attached hydrogen (secondary N) is 1. The van der Waals surface area contributed by atoms with E-state index in [-0.39, 0.29) is 18.6 Å². The average molecular weight is 493 g/mol. The summed E-state index contributed by atoms with van der Waals surface area (Å²) in [4.78, 5) is 9.24. The molecule has 4 N–H and O–H groups in total. The van der Waals surface area contributed by atoms with Crippen molar-refractivity contribution in [3.05, 3.63) is 35.4 Å². The van der Waals surface area contributed by atoms with E-state index >= 15 is 0 Å². The molecule has 0 bridgehead atoms. The summed E-state index contributed by atoms with van der Waals surface area (Å²) in [6, 6.07) is 3.33. The minimum atomic E-state index is -1.11. The van der Waals surface area contributed by atoms with Gasteiger partial charge in [0, 0.05) is 30.2 Å². The highest BCUT2D eigenvalue weighted by Crippen LogP contribution is 2.44. The van der Waals surface area contributed by atoms with Gasteiger partial charge in [-0.05, 0) is 37.0 Å². The highest BCUT2D eigenvalue weighted by atomic mass is 32.2. The summed E-state index contributed by atoms with van der Waals surface area (Å²) in [5.74, 6) is -0.896. The predicted molar refractivity (Wildman–Crippen MR) is 122 cm³/mol. The zero-order valence-corrected chi connectivity index (χ0v) is 19.3. The molecule has 2 heterocycles. The molecule has 9 nitrogen and oxygen atoms in total. The molecule has 0 radical (unpaired) electrons. The standard InChI is InChI=1S/C22H26F2N6O3S/c1-2-5-34-22-26-20(25-15-8-12(15)10-3-4-13(23)14(24)6-10)17-21(27-22)30(29-28-17)16-7-11(9-31)18(32)19(16)33/h3-4,6,11-12,15-16,18-19,31-33H,2,5,7-9H2,1H3,(H,25,26,27)/t11-,12?,15?,16-,18-,19+/m1/s1. The lowest BCUT2D eigenvalue weighted by molar-refractivity contribution is -0.00512. The van der Waals surface area contributed by atoms with Crippen LogP contribution in [0, 0.1) is 17.6 Å². The summed E-state index contributed by atoms with van der Waals surface area (Å²) in [5, 5.41) is 42.7. The molecule has 182 valence electrons. The Hall–Kier alpha value is -2.41. The smallest absolute Gasteiger partial charge is 0.191 e. The zero-order chi connectivity index (χ0) is 24.0. The van der Waals surface area contributed by atoms with Gasteiger partial charge in [-0.2, -0.15) is 0 Å². The monoisotopic (exact) mass is 492 g/mol. The van der Waals surface area contributed by atoms with Gasteiger partial charge in [-0.3, -0.25) is 0 Å². The number of aromatic nitrogens is 5. The topological polar surface area (TPSA) is 129 Å². The van der Waals surface area contributed by atoms with E-state index in [4.69, 9.17) is 0 Å². The predicted octanol–water partition coefficient (Wildman–Crippen LogP) is 2.24. The summed E-state index contributed by atoms with van der Waals surface area (Å²) in [6.45, 7) is 1.81. The number of aliphatic hydroxyl groups is 3. The molecule has 34 heavy (non-hydrogen) atoms. The maximum absolute atomic E-state index is 13.7. The fourth-order valence-corrected chi connectivity index (χ4v) is 5.25. The van der Waals surface area contributed by atoms with Crippen molar-refractivity contribution < 1.29 is 24.1 Å². The number of benzene rings is 1. The van der Waals surface area contributed by atoms with Crippen LogP contribution in [0.2, 0.25) is 0 Å². The Bertz CT molecular complexity index is 1200. The second kappa shape index (κ2) is 9.33. The van der Waals surface area contributed by atoms with Crippen molar-refractivity contribution >= 4 is 28.7 Å². The van der Waals surface area contributed by atoms with E-state index in [1.165, 1.54) is 22.5 Å². The van der Waals surface area contributed by atoms with Crippen molar-refractivity contribution in [2.75, 3.05) is 17.7 Å². The van der Waals surface area contributed by atoms with Crippen LogP contribution in [0.4, 0.5) is 14.6 Å². The van der Waals surface area contributed by atoms with Gasteiger partial charge in [0.2, 0.25) is 0 Å². The quantitative estimate of drug-likeness (QED) is 0.276. The van der Waals surface area contributed by atoms with E-state index in [0.29, 0.717) is 34.1 Å². The van der Waals surface area contributed by atoms with Crippen LogP contribution in [-0.2, 0) is 0 Å². The number of aliphatic hydroxyl groups excluding tert-OH is 3. The number of hydrogen-bond donors (Lipinski definition) is 4. The minimum absolute atomic E-state index is 0.0130. The van der Waals surface area contributed by atoms with Crippen LogP contribution in [0.3, 0.4) is 0 Å². The molecule has 2 unspecified atom stereocenters. The molecule has 3 aromatic rings. The summed E-state index contributed by atoms with van der Waals surface area (Å²) >= 11 is 1.48. The van der Waals surface area contributed by atoms with Gasteiger partial charge in [-0.25, -0.2) is 23.4 Å². The molecular formula is C22H26F2N6O3S. The Morgan fingerprint density at radius 2 is 1.97 bits per heavy atom. The first-order chi connectivity index (χ1) is 16.4. The summed E-state index contributed by atoms with van der Waals surface area (Å²) in [5.41, 5.74) is 1.56. The molecule has 2 fully saturated rings. The molecule has 0 amide bonds. The van der Waals surface area contributed by atoms with Crippen LogP contribution in [0.1, 0.15) is 43.7 Å². The van der Waals surface area contributed by atoms with E-state index in [0.717, 1.165) is 24.7 Å². The van der Waals surface area contributed by atoms with Gasteiger partial charge >= 0.3 is 0 Å². The van der Waals surface area contributed by atoms with E-state index in [1.807, 2.05) is 0 Å². The molecule has 2 aliphatic carbocycles. The number of nitrogens with zero attached hydrogens (tertiary/aromatic N) is 5. The van der Waals surface area contributed by atoms with Crippen molar-refractivity contribution in [3.8, 4) is 0 Å². The number of thioether (sulfide) groups is 1. The van der Waals surface area contributed by atoms with Crippen molar-refractivity contribution in [3.63, 3.8) is 0 Å². The first-order valence-electron chi connectivity index (χ1n) is 11.4. The Morgan fingerprint density at radius 1 is 1.15 bits per heavy atom. The minimum Gasteiger partial charge on any atom is -0.396 e. The first-order valence-corrected chi connectivity index (χ1v) is 12.3. The third kappa shape index (κ3) is 4.23. The summed E-state index contributed by atoms with van der Waals surface area (Å²) < 4.78 is 28.5. The van der Waals surface area contributed by atoms with Gasteiger partial charge in [-0.15, -0.1) is 5.10 Å². The number of anilines is 1. The molecule has 5 rings (SSSR count). The van der Waals surface area contributed by atoms with Crippen LogP contribution in [0.15, 0.2) is 23.4 Å². The summed E-state index contributed by atoms with van der Waals surface area (Å²) in [6.07, 6.45) is -0.179. The lowest BCUT2D eigenvalue weighted by Crippen LogP contribution is -2.30. The van der Waals surface area contributed by atoms with Gasteiger partial charge in [-0.1, -0.05) is 30.0 Å². The average Bonchev–Trinajstić information content (AvgIpc) is 3.37. The molecular weight excluding hydrogens is 466 g/mol. The number of fused-ring (bicyclic) bond motifs is 1. The third-order valence-electron chi connectivity index (χ3n) is 6.54. The Balaban J connectivity index is 1.45. The maximum Gasteiger partial charge on any atom is 0.191 e. The van der Waals surface area contributed by atoms with Crippen molar-refractivity contribution in [1.82, 2.24) is 25.0 Å². The molecule has 1 aromatic carbocycles. The molecule has 0 saturated heterocycles. The van der Waals surface area contributed by atoms with Gasteiger partial charge in [0.25, 0.3) is 0 Å². The van der Waals surface area contributed by atoms with E-state index in [9.17, 15) is 24.1 Å². The Labute approximate surface area is 198 Å². The molecule has 2 saturated carbocycles. The number of rotatable bonds is 8. The third-order valence-corrected chi connectivity index (χ3v) is 7.60. The Morgan fingerprint density at radius 3 is 2.68 bits per heavy atom. The van der Waals surface area contributed by atoms with Gasteiger partial charge in [0.05, 0.1) is 12.1 Å². The van der Waals surface area contributed by atoms with Gasteiger partial charge in [0.15, 0.2) is 33.8 Å². The zero-order valence-electron chi connectivity index (χ0n) is 18.5.